The lowest BCUT2D eigenvalue weighted by molar-refractivity contribution is 0.414. The van der Waals surface area contributed by atoms with Crippen molar-refractivity contribution in [3.8, 4) is 5.75 Å². The van der Waals surface area contributed by atoms with E-state index in [0.717, 1.165) is 0 Å². The van der Waals surface area contributed by atoms with Crippen LogP contribution in [0.4, 0.5) is 0 Å². The Hall–Kier alpha value is -1.16. The fourth-order valence-electron chi connectivity index (χ4n) is 1.25. The van der Waals surface area contributed by atoms with Crippen molar-refractivity contribution in [2.75, 3.05) is 26.5 Å². The van der Waals surface area contributed by atoms with Crippen LogP contribution in [0.5, 0.6) is 5.75 Å². The molecule has 108 valence electrons. The zero-order valence-corrected chi connectivity index (χ0v) is 12.2. The highest BCUT2D eigenvalue weighted by molar-refractivity contribution is 7.90. The molecule has 7 nitrogen and oxygen atoms in total. The number of nitrogens with one attached hydrogen (secondary N) is 2. The van der Waals surface area contributed by atoms with Crippen molar-refractivity contribution in [3.05, 3.63) is 24.3 Å². The molecule has 0 aliphatic carbocycles. The largest absolute Gasteiger partial charge is 0.497 e. The van der Waals surface area contributed by atoms with Gasteiger partial charge in [-0.05, 0) is 31.3 Å². The van der Waals surface area contributed by atoms with Gasteiger partial charge < -0.3 is 4.74 Å². The fraction of sp³-hybridized carbons (Fsp3) is 0.400. The van der Waals surface area contributed by atoms with Crippen LogP contribution < -0.4 is 14.2 Å². The number of benzene rings is 1. The lowest BCUT2D eigenvalue weighted by Crippen LogP contribution is -2.32. The van der Waals surface area contributed by atoms with E-state index in [-0.39, 0.29) is 17.2 Å². The zero-order valence-electron chi connectivity index (χ0n) is 10.6. The van der Waals surface area contributed by atoms with Gasteiger partial charge in [-0.15, -0.1) is 0 Å². The maximum atomic E-state index is 11.8. The Morgan fingerprint density at radius 2 is 1.68 bits per heavy atom. The molecule has 0 unspecified atom stereocenters. The van der Waals surface area contributed by atoms with E-state index in [1.165, 1.54) is 38.4 Å². The van der Waals surface area contributed by atoms with Crippen molar-refractivity contribution >= 4 is 20.0 Å². The van der Waals surface area contributed by atoms with E-state index in [1.807, 2.05) is 0 Å². The molecule has 0 fully saturated rings. The Bertz CT molecular complexity index is 608. The molecule has 1 aromatic carbocycles. The first-order chi connectivity index (χ1) is 8.80. The normalized spacial score (nSPS) is 12.3. The maximum absolute atomic E-state index is 11.8. The number of sulfonamides is 2. The van der Waals surface area contributed by atoms with Gasteiger partial charge >= 0.3 is 0 Å². The quantitative estimate of drug-likeness (QED) is 0.708. The number of ether oxygens (including phenoxy) is 1. The van der Waals surface area contributed by atoms with Crippen molar-refractivity contribution in [1.82, 2.24) is 9.44 Å². The van der Waals surface area contributed by atoms with Crippen LogP contribution in [0.15, 0.2) is 29.2 Å². The zero-order chi connectivity index (χ0) is 14.5. The molecule has 0 atom stereocenters. The van der Waals surface area contributed by atoms with Gasteiger partial charge in [-0.25, -0.2) is 26.3 Å². The second-order valence-corrected chi connectivity index (χ2v) is 7.41. The molecule has 0 spiro atoms. The smallest absolute Gasteiger partial charge is 0.240 e. The van der Waals surface area contributed by atoms with E-state index >= 15 is 0 Å². The van der Waals surface area contributed by atoms with Crippen LogP contribution in [0.25, 0.3) is 0 Å². The first-order valence-corrected chi connectivity index (χ1v) is 8.49. The van der Waals surface area contributed by atoms with Crippen molar-refractivity contribution in [2.24, 2.45) is 0 Å². The molecule has 9 heteroatoms. The molecule has 0 aromatic heterocycles. The van der Waals surface area contributed by atoms with Crippen molar-refractivity contribution in [2.45, 2.75) is 4.90 Å². The highest BCUT2D eigenvalue weighted by Gasteiger charge is 2.15. The minimum absolute atomic E-state index is 0.0511. The van der Waals surface area contributed by atoms with Gasteiger partial charge in [-0.3, -0.25) is 0 Å². The molecule has 0 saturated heterocycles. The number of rotatable bonds is 7. The summed E-state index contributed by atoms with van der Waals surface area (Å²) in [6.07, 6.45) is 0. The van der Waals surface area contributed by atoms with Crippen molar-refractivity contribution in [3.63, 3.8) is 0 Å². The van der Waals surface area contributed by atoms with E-state index in [9.17, 15) is 16.8 Å². The summed E-state index contributed by atoms with van der Waals surface area (Å²) in [7, 11) is -4.40. The molecule has 0 amide bonds. The van der Waals surface area contributed by atoms with Crippen LogP contribution in [0.3, 0.4) is 0 Å². The Balaban J connectivity index is 2.70. The molecule has 0 radical (unpaired) electrons. The van der Waals surface area contributed by atoms with Crippen LogP contribution in [-0.2, 0) is 20.0 Å². The average Bonchev–Trinajstić information content (AvgIpc) is 2.38. The highest BCUT2D eigenvalue weighted by atomic mass is 32.2. The first-order valence-electron chi connectivity index (χ1n) is 5.36. The van der Waals surface area contributed by atoms with E-state index in [2.05, 4.69) is 9.44 Å². The number of hydrogen-bond donors (Lipinski definition) is 2. The third-order valence-electron chi connectivity index (χ3n) is 2.34. The first kappa shape index (κ1) is 15.9. The Labute approximate surface area is 113 Å². The van der Waals surface area contributed by atoms with Gasteiger partial charge in [0.15, 0.2) is 0 Å². The molecule has 0 aliphatic heterocycles. The third kappa shape index (κ3) is 4.78. The topological polar surface area (TPSA) is 102 Å². The molecular formula is C10H16N2O5S2. The van der Waals surface area contributed by atoms with Crippen molar-refractivity contribution < 1.29 is 21.6 Å². The molecule has 0 bridgehead atoms. The Kier molecular flexibility index (Phi) is 5.29. The highest BCUT2D eigenvalue weighted by Crippen LogP contribution is 2.14. The van der Waals surface area contributed by atoms with Gasteiger partial charge in [-0.1, -0.05) is 0 Å². The fourth-order valence-corrected chi connectivity index (χ4v) is 2.99. The van der Waals surface area contributed by atoms with Gasteiger partial charge in [0, 0.05) is 6.54 Å². The van der Waals surface area contributed by atoms with Gasteiger partial charge in [0.05, 0.1) is 17.8 Å². The molecule has 2 N–H and O–H groups in total. The van der Waals surface area contributed by atoms with E-state index in [1.54, 1.807) is 0 Å². The number of hydrogen-bond acceptors (Lipinski definition) is 5. The van der Waals surface area contributed by atoms with Gasteiger partial charge in [0.25, 0.3) is 0 Å². The van der Waals surface area contributed by atoms with Gasteiger partial charge in [0.1, 0.15) is 5.75 Å². The van der Waals surface area contributed by atoms with Gasteiger partial charge in [-0.2, -0.15) is 0 Å². The molecule has 0 aliphatic rings. The van der Waals surface area contributed by atoms with Gasteiger partial charge in [0.2, 0.25) is 20.0 Å². The summed E-state index contributed by atoms with van der Waals surface area (Å²) in [6, 6.07) is 5.79. The molecule has 0 heterocycles. The molecule has 19 heavy (non-hydrogen) atoms. The van der Waals surface area contributed by atoms with E-state index in [4.69, 9.17) is 4.74 Å². The summed E-state index contributed by atoms with van der Waals surface area (Å²) >= 11 is 0. The van der Waals surface area contributed by atoms with Crippen LogP contribution in [0.2, 0.25) is 0 Å². The molecule has 1 rings (SSSR count). The predicted octanol–water partition coefficient (Wildman–Crippen LogP) is -0.477. The maximum Gasteiger partial charge on any atom is 0.240 e. The predicted molar refractivity (Wildman–Crippen MR) is 71.0 cm³/mol. The van der Waals surface area contributed by atoms with Crippen LogP contribution in [-0.4, -0.2) is 43.3 Å². The summed E-state index contributed by atoms with van der Waals surface area (Å²) in [6.45, 7) is -0.197. The van der Waals surface area contributed by atoms with Crippen molar-refractivity contribution in [1.29, 1.82) is 0 Å². The summed E-state index contributed by atoms with van der Waals surface area (Å²) in [5.41, 5.74) is 0. The Morgan fingerprint density at radius 3 is 2.16 bits per heavy atom. The van der Waals surface area contributed by atoms with Crippen LogP contribution >= 0.6 is 0 Å². The summed E-state index contributed by atoms with van der Waals surface area (Å²) in [5.74, 6) is 0.218. The minimum Gasteiger partial charge on any atom is -0.497 e. The second kappa shape index (κ2) is 6.33. The molecule has 0 saturated carbocycles. The standard InChI is InChI=1S/C10H16N2O5S2/c1-11-18(13,14)8-7-12-19(15,16)10-5-3-9(17-2)4-6-10/h3-6,11-12H,7-8H2,1-2H3. The monoisotopic (exact) mass is 308 g/mol. The lowest BCUT2D eigenvalue weighted by Gasteiger charge is -2.07. The summed E-state index contributed by atoms with van der Waals surface area (Å²) in [4.78, 5) is 0.0511. The summed E-state index contributed by atoms with van der Waals surface area (Å²) in [5, 5.41) is 0. The van der Waals surface area contributed by atoms with Crippen LogP contribution in [0, 0.1) is 0 Å². The number of methoxy groups -OCH3 is 1. The minimum atomic E-state index is -3.71. The second-order valence-electron chi connectivity index (χ2n) is 3.60. The van der Waals surface area contributed by atoms with Crippen LogP contribution in [0.1, 0.15) is 0 Å². The lowest BCUT2D eigenvalue weighted by atomic mass is 10.3. The molecule has 1 aromatic rings. The molecular weight excluding hydrogens is 292 g/mol. The Morgan fingerprint density at radius 1 is 1.11 bits per heavy atom. The average molecular weight is 308 g/mol. The SMILES string of the molecule is CNS(=O)(=O)CCNS(=O)(=O)c1ccc(OC)cc1. The van der Waals surface area contributed by atoms with E-state index in [0.29, 0.717) is 5.75 Å². The third-order valence-corrected chi connectivity index (χ3v) is 5.18. The summed E-state index contributed by atoms with van der Waals surface area (Å²) < 4.78 is 55.2. The van der Waals surface area contributed by atoms with E-state index < -0.39 is 20.0 Å².